The largest absolute Gasteiger partial charge is 0.511 e. The number of carbonyl (C=O) groups excluding carboxylic acids is 1. The molecule has 4 rings (SSSR count). The number of alkyl halides is 3. The van der Waals surface area contributed by atoms with Crippen molar-refractivity contribution in [3.8, 4) is 11.6 Å². The molecule has 2 atom stereocenters. The fourth-order valence-electron chi connectivity index (χ4n) is 3.95. The van der Waals surface area contributed by atoms with E-state index in [-0.39, 0.29) is 40.3 Å². The van der Waals surface area contributed by atoms with E-state index in [1.54, 1.807) is 30.8 Å². The number of cyclic esters (lactones) is 1. The number of aromatic nitrogens is 1. The molecular formula is C28H25ClF3NO4S. The molecule has 200 valence electrons. The van der Waals surface area contributed by atoms with Crippen LogP contribution in [-0.2, 0) is 15.7 Å². The maximum absolute atomic E-state index is 12.9. The number of aryl methyl sites for hydroxylation is 2. The van der Waals surface area contributed by atoms with E-state index in [9.17, 15) is 23.1 Å². The van der Waals surface area contributed by atoms with E-state index >= 15 is 0 Å². The molecule has 2 unspecified atom stereocenters. The van der Waals surface area contributed by atoms with Crippen molar-refractivity contribution in [3.63, 3.8) is 0 Å². The van der Waals surface area contributed by atoms with Crippen molar-refractivity contribution >= 4 is 34.9 Å². The standard InChI is InChI=1S/C28H25ClF3NO4S/c1-15-4-7-20(8-5-15)38-14-17(3)24-12-23(34)25(27(35)37-24)21-9-6-19(10-16(21)2)36-26-22(29)11-18(13-33-26)28(30,31)32/h4-11,13,17,24,34H,12,14H2,1-3H3. The van der Waals surface area contributed by atoms with Crippen molar-refractivity contribution in [2.75, 3.05) is 5.75 Å². The Hall–Kier alpha value is -3.17. The maximum Gasteiger partial charge on any atom is 0.417 e. The Bertz CT molecular complexity index is 1380. The van der Waals surface area contributed by atoms with Crippen molar-refractivity contribution in [3.05, 3.63) is 87.8 Å². The summed E-state index contributed by atoms with van der Waals surface area (Å²) >= 11 is 7.59. The first-order valence-corrected chi connectivity index (χ1v) is 13.1. The number of thioether (sulfide) groups is 1. The molecule has 3 aromatic rings. The van der Waals surface area contributed by atoms with Gasteiger partial charge >= 0.3 is 12.1 Å². The van der Waals surface area contributed by atoms with Crippen LogP contribution < -0.4 is 4.74 Å². The summed E-state index contributed by atoms with van der Waals surface area (Å²) in [6.45, 7) is 5.72. The van der Waals surface area contributed by atoms with Crippen LogP contribution in [0, 0.1) is 19.8 Å². The minimum atomic E-state index is -4.57. The number of aliphatic hydroxyl groups excluding tert-OH is 1. The summed E-state index contributed by atoms with van der Waals surface area (Å²) in [7, 11) is 0. The molecule has 5 nitrogen and oxygen atoms in total. The van der Waals surface area contributed by atoms with Gasteiger partial charge in [-0.3, -0.25) is 0 Å². The first-order chi connectivity index (χ1) is 17.9. The third-order valence-corrected chi connectivity index (χ3v) is 7.70. The van der Waals surface area contributed by atoms with Crippen molar-refractivity contribution in [1.82, 2.24) is 4.98 Å². The smallest absolute Gasteiger partial charge is 0.417 e. The Kier molecular flexibility index (Phi) is 8.28. The number of hydrogen-bond donors (Lipinski definition) is 1. The number of hydrogen-bond acceptors (Lipinski definition) is 6. The van der Waals surface area contributed by atoms with Gasteiger partial charge in [0, 0.05) is 29.2 Å². The van der Waals surface area contributed by atoms with Crippen molar-refractivity contribution in [1.29, 1.82) is 0 Å². The Morgan fingerprint density at radius 3 is 2.50 bits per heavy atom. The van der Waals surface area contributed by atoms with Gasteiger partial charge in [0.2, 0.25) is 5.88 Å². The number of aliphatic hydroxyl groups is 1. The van der Waals surface area contributed by atoms with Gasteiger partial charge in [0.05, 0.1) is 5.56 Å². The van der Waals surface area contributed by atoms with Gasteiger partial charge < -0.3 is 14.6 Å². The summed E-state index contributed by atoms with van der Waals surface area (Å²) in [5.41, 5.74) is 1.33. The van der Waals surface area contributed by atoms with Gasteiger partial charge in [0.1, 0.15) is 28.2 Å². The summed E-state index contributed by atoms with van der Waals surface area (Å²) in [6, 6.07) is 13.6. The minimum absolute atomic E-state index is 0.00630. The molecule has 38 heavy (non-hydrogen) atoms. The SMILES string of the molecule is Cc1ccc(SCC(C)C2CC(O)=C(c3ccc(Oc4ncc(C(F)(F)F)cc4Cl)cc3C)C(=O)O2)cc1. The first kappa shape index (κ1) is 27.9. The van der Waals surface area contributed by atoms with E-state index in [1.807, 2.05) is 38.1 Å². The van der Waals surface area contributed by atoms with Crippen molar-refractivity contribution < 1.29 is 32.5 Å². The molecule has 0 radical (unpaired) electrons. The second kappa shape index (κ2) is 11.3. The lowest BCUT2D eigenvalue weighted by molar-refractivity contribution is -0.145. The number of pyridine rings is 1. The van der Waals surface area contributed by atoms with Crippen LogP contribution in [0.3, 0.4) is 0 Å². The number of rotatable bonds is 7. The summed E-state index contributed by atoms with van der Waals surface area (Å²) in [5, 5.41) is 10.5. The number of halogens is 4. The first-order valence-electron chi connectivity index (χ1n) is 11.8. The van der Waals surface area contributed by atoms with E-state index < -0.39 is 23.8 Å². The monoisotopic (exact) mass is 563 g/mol. The molecule has 0 amide bonds. The lowest BCUT2D eigenvalue weighted by Crippen LogP contribution is -2.32. The van der Waals surface area contributed by atoms with Crippen LogP contribution >= 0.6 is 23.4 Å². The van der Waals surface area contributed by atoms with Gasteiger partial charge in [-0.25, -0.2) is 9.78 Å². The van der Waals surface area contributed by atoms with Crippen LogP contribution in [0.25, 0.3) is 5.57 Å². The van der Waals surface area contributed by atoms with Crippen LogP contribution in [0.2, 0.25) is 5.02 Å². The number of nitrogens with zero attached hydrogens (tertiary/aromatic N) is 1. The van der Waals surface area contributed by atoms with E-state index in [2.05, 4.69) is 4.98 Å². The van der Waals surface area contributed by atoms with Gasteiger partial charge in [0.15, 0.2) is 0 Å². The Morgan fingerprint density at radius 1 is 1.18 bits per heavy atom. The van der Waals surface area contributed by atoms with Gasteiger partial charge in [-0.15, -0.1) is 11.8 Å². The highest BCUT2D eigenvalue weighted by molar-refractivity contribution is 7.99. The third-order valence-electron chi connectivity index (χ3n) is 6.13. The second-order valence-corrected chi connectivity index (χ2v) is 10.7. The quantitative estimate of drug-likeness (QED) is 0.231. The van der Waals surface area contributed by atoms with Crippen LogP contribution in [-0.4, -0.2) is 27.9 Å². The van der Waals surface area contributed by atoms with Crippen LogP contribution in [0.1, 0.15) is 35.6 Å². The van der Waals surface area contributed by atoms with Crippen molar-refractivity contribution in [2.24, 2.45) is 5.92 Å². The number of carbonyl (C=O) groups is 1. The molecule has 1 aromatic heterocycles. The Balaban J connectivity index is 1.46. The molecule has 0 saturated carbocycles. The fraction of sp³-hybridized carbons (Fsp3) is 0.286. The Morgan fingerprint density at radius 2 is 1.89 bits per heavy atom. The van der Waals surface area contributed by atoms with Gasteiger partial charge in [-0.1, -0.05) is 42.3 Å². The van der Waals surface area contributed by atoms with Gasteiger partial charge in [-0.05, 0) is 55.3 Å². The predicted molar refractivity (Wildman–Crippen MR) is 141 cm³/mol. The molecular weight excluding hydrogens is 539 g/mol. The van der Waals surface area contributed by atoms with E-state index in [0.717, 1.165) is 16.7 Å². The summed E-state index contributed by atoms with van der Waals surface area (Å²) in [6.07, 6.45) is -4.20. The number of esters is 1. The molecule has 0 aliphatic carbocycles. The van der Waals surface area contributed by atoms with E-state index in [1.165, 1.54) is 11.6 Å². The minimum Gasteiger partial charge on any atom is -0.511 e. The normalized spacial score (nSPS) is 16.8. The van der Waals surface area contributed by atoms with Crippen LogP contribution in [0.4, 0.5) is 13.2 Å². The number of benzene rings is 2. The summed E-state index contributed by atoms with van der Waals surface area (Å²) in [4.78, 5) is 17.7. The summed E-state index contributed by atoms with van der Waals surface area (Å²) < 4.78 is 49.8. The molecule has 2 heterocycles. The maximum atomic E-state index is 12.9. The zero-order valence-electron chi connectivity index (χ0n) is 20.8. The molecule has 10 heteroatoms. The molecule has 0 bridgehead atoms. The van der Waals surface area contributed by atoms with Crippen molar-refractivity contribution in [2.45, 2.75) is 44.4 Å². The van der Waals surface area contributed by atoms with Gasteiger partial charge in [0.25, 0.3) is 0 Å². The van der Waals surface area contributed by atoms with E-state index in [4.69, 9.17) is 21.1 Å². The third kappa shape index (κ3) is 6.45. The lowest BCUT2D eigenvalue weighted by atomic mass is 9.92. The highest BCUT2D eigenvalue weighted by Crippen LogP contribution is 2.37. The molecule has 1 aliphatic rings. The lowest BCUT2D eigenvalue weighted by Gasteiger charge is -2.29. The summed E-state index contributed by atoms with van der Waals surface area (Å²) in [5.74, 6) is 0.120. The highest BCUT2D eigenvalue weighted by atomic mass is 35.5. The predicted octanol–water partition coefficient (Wildman–Crippen LogP) is 8.18. The molecule has 0 fully saturated rings. The zero-order valence-corrected chi connectivity index (χ0v) is 22.4. The molecule has 2 aromatic carbocycles. The zero-order chi connectivity index (χ0) is 27.6. The Labute approximate surface area is 227 Å². The highest BCUT2D eigenvalue weighted by Gasteiger charge is 2.34. The average Bonchev–Trinajstić information content (AvgIpc) is 2.85. The molecule has 1 N–H and O–H groups in total. The van der Waals surface area contributed by atoms with Gasteiger partial charge in [-0.2, -0.15) is 13.2 Å². The molecule has 1 aliphatic heterocycles. The number of ether oxygens (including phenoxy) is 2. The second-order valence-electron chi connectivity index (χ2n) is 9.16. The van der Waals surface area contributed by atoms with Crippen LogP contribution in [0.15, 0.2) is 65.4 Å². The van der Waals surface area contributed by atoms with E-state index in [0.29, 0.717) is 17.3 Å². The van der Waals surface area contributed by atoms with Crippen LogP contribution in [0.5, 0.6) is 11.6 Å². The molecule has 0 saturated heterocycles. The topological polar surface area (TPSA) is 68.7 Å². The fourth-order valence-corrected chi connectivity index (χ4v) is 5.15. The molecule has 0 spiro atoms. The average molecular weight is 564 g/mol.